The van der Waals surface area contributed by atoms with Gasteiger partial charge in [-0.3, -0.25) is 4.68 Å². The van der Waals surface area contributed by atoms with Gasteiger partial charge in [-0.2, -0.15) is 5.10 Å². The number of piperidine rings is 1. The Hall–Kier alpha value is -1.08. The fourth-order valence-corrected chi connectivity index (χ4v) is 3.78. The van der Waals surface area contributed by atoms with Crippen LogP contribution in [0.4, 0.5) is 11.6 Å². The zero-order valence-electron chi connectivity index (χ0n) is 10.8. The first-order valence-corrected chi connectivity index (χ1v) is 8.09. The van der Waals surface area contributed by atoms with E-state index in [1.165, 1.54) is 0 Å². The summed E-state index contributed by atoms with van der Waals surface area (Å²) in [7, 11) is 0. The molecule has 1 aliphatic rings. The highest BCUT2D eigenvalue weighted by Crippen LogP contribution is 2.31. The number of anilines is 2. The van der Waals surface area contributed by atoms with Crippen molar-refractivity contribution in [1.29, 1.82) is 0 Å². The van der Waals surface area contributed by atoms with Gasteiger partial charge >= 0.3 is 0 Å². The third-order valence-corrected chi connectivity index (χ3v) is 4.57. The number of nitrogens with two attached hydrogens (primary N) is 1. The van der Waals surface area contributed by atoms with Crippen molar-refractivity contribution in [3.8, 4) is 0 Å². The minimum atomic E-state index is 0.428. The van der Waals surface area contributed by atoms with E-state index in [4.69, 9.17) is 5.73 Å². The number of hydrogen-bond acceptors (Lipinski definition) is 4. The monoisotopic (exact) mass is 399 g/mol. The lowest BCUT2D eigenvalue weighted by Crippen LogP contribution is -2.35. The van der Waals surface area contributed by atoms with Gasteiger partial charge in [-0.05, 0) is 56.8 Å². The molecule has 20 heavy (non-hydrogen) atoms. The minimum Gasteiger partial charge on any atom is -0.382 e. The van der Waals surface area contributed by atoms with Crippen molar-refractivity contribution >= 4 is 43.5 Å². The van der Waals surface area contributed by atoms with Crippen LogP contribution in [0.2, 0.25) is 0 Å². The van der Waals surface area contributed by atoms with Crippen LogP contribution >= 0.6 is 31.9 Å². The Morgan fingerprint density at radius 1 is 1.25 bits per heavy atom. The van der Waals surface area contributed by atoms with Crippen molar-refractivity contribution in [2.75, 3.05) is 23.7 Å². The SMILES string of the molecule is Nc1ccn(C2CCN(c3ncc(Br)cc3Br)CC2)n1. The van der Waals surface area contributed by atoms with Gasteiger partial charge in [-0.1, -0.05) is 0 Å². The van der Waals surface area contributed by atoms with Crippen molar-refractivity contribution in [2.45, 2.75) is 18.9 Å². The van der Waals surface area contributed by atoms with Gasteiger partial charge in [-0.15, -0.1) is 0 Å². The molecule has 0 saturated carbocycles. The fraction of sp³-hybridized carbons (Fsp3) is 0.385. The average molecular weight is 401 g/mol. The predicted molar refractivity (Wildman–Crippen MR) is 86.8 cm³/mol. The normalized spacial score (nSPS) is 16.6. The van der Waals surface area contributed by atoms with Crippen LogP contribution in [-0.2, 0) is 0 Å². The molecule has 0 atom stereocenters. The number of rotatable bonds is 2. The van der Waals surface area contributed by atoms with Crippen molar-refractivity contribution in [3.05, 3.63) is 33.5 Å². The Labute approximate surface area is 134 Å². The number of hydrogen-bond donors (Lipinski definition) is 1. The molecule has 0 radical (unpaired) electrons. The molecule has 1 aliphatic heterocycles. The summed E-state index contributed by atoms with van der Waals surface area (Å²) in [5.41, 5.74) is 5.67. The van der Waals surface area contributed by atoms with Gasteiger partial charge in [0.05, 0.1) is 10.5 Å². The summed E-state index contributed by atoms with van der Waals surface area (Å²) < 4.78 is 3.99. The number of halogens is 2. The fourth-order valence-electron chi connectivity index (χ4n) is 2.54. The number of aromatic nitrogens is 3. The summed E-state index contributed by atoms with van der Waals surface area (Å²) in [6.07, 6.45) is 5.89. The smallest absolute Gasteiger partial charge is 0.145 e. The molecule has 0 unspecified atom stereocenters. The highest BCUT2D eigenvalue weighted by atomic mass is 79.9. The second-order valence-electron chi connectivity index (χ2n) is 4.90. The molecule has 3 heterocycles. The van der Waals surface area contributed by atoms with Crippen molar-refractivity contribution in [1.82, 2.24) is 14.8 Å². The molecule has 0 spiro atoms. The average Bonchev–Trinajstić information content (AvgIpc) is 2.86. The lowest BCUT2D eigenvalue weighted by atomic mass is 10.1. The van der Waals surface area contributed by atoms with E-state index in [0.29, 0.717) is 11.9 Å². The molecular formula is C13H15Br2N5. The third kappa shape index (κ3) is 2.83. The highest BCUT2D eigenvalue weighted by Gasteiger charge is 2.23. The minimum absolute atomic E-state index is 0.428. The summed E-state index contributed by atoms with van der Waals surface area (Å²) in [6.45, 7) is 1.94. The topological polar surface area (TPSA) is 60.0 Å². The quantitative estimate of drug-likeness (QED) is 0.840. The number of nitrogens with zero attached hydrogens (tertiary/aromatic N) is 4. The molecule has 0 bridgehead atoms. The van der Waals surface area contributed by atoms with E-state index >= 15 is 0 Å². The number of nitrogen functional groups attached to an aromatic ring is 1. The first kappa shape index (κ1) is 13.9. The van der Waals surface area contributed by atoms with E-state index in [1.807, 2.05) is 29.2 Å². The summed E-state index contributed by atoms with van der Waals surface area (Å²) in [4.78, 5) is 6.80. The predicted octanol–water partition coefficient (Wildman–Crippen LogP) is 3.23. The van der Waals surface area contributed by atoms with Gasteiger partial charge in [0.15, 0.2) is 0 Å². The maximum Gasteiger partial charge on any atom is 0.145 e. The maximum atomic E-state index is 5.67. The molecule has 0 aliphatic carbocycles. The van der Waals surface area contributed by atoms with Crippen LogP contribution in [0.3, 0.4) is 0 Å². The summed E-state index contributed by atoms with van der Waals surface area (Å²) in [5, 5.41) is 4.31. The molecule has 1 fully saturated rings. The van der Waals surface area contributed by atoms with Crippen LogP contribution in [0.1, 0.15) is 18.9 Å². The highest BCUT2D eigenvalue weighted by molar-refractivity contribution is 9.11. The van der Waals surface area contributed by atoms with Crippen LogP contribution in [0, 0.1) is 0 Å². The number of pyridine rings is 1. The van der Waals surface area contributed by atoms with E-state index < -0.39 is 0 Å². The molecule has 3 rings (SSSR count). The zero-order valence-corrected chi connectivity index (χ0v) is 14.0. The Kier molecular flexibility index (Phi) is 3.98. The van der Waals surface area contributed by atoms with Crippen LogP contribution in [0.5, 0.6) is 0 Å². The molecular weight excluding hydrogens is 386 g/mol. The molecule has 0 aromatic carbocycles. The first-order valence-electron chi connectivity index (χ1n) is 6.50. The molecule has 2 aromatic rings. The lowest BCUT2D eigenvalue weighted by molar-refractivity contribution is 0.366. The Morgan fingerprint density at radius 3 is 2.60 bits per heavy atom. The Bertz CT molecular complexity index is 605. The van der Waals surface area contributed by atoms with Crippen molar-refractivity contribution in [3.63, 3.8) is 0 Å². The molecule has 2 aromatic heterocycles. The van der Waals surface area contributed by atoms with Crippen molar-refractivity contribution in [2.24, 2.45) is 0 Å². The van der Waals surface area contributed by atoms with Gasteiger partial charge < -0.3 is 10.6 Å². The maximum absolute atomic E-state index is 5.67. The van der Waals surface area contributed by atoms with Gasteiger partial charge in [-0.25, -0.2) is 4.98 Å². The van der Waals surface area contributed by atoms with E-state index in [9.17, 15) is 0 Å². The Balaban J connectivity index is 1.69. The molecule has 106 valence electrons. The zero-order chi connectivity index (χ0) is 14.1. The van der Waals surface area contributed by atoms with Crippen LogP contribution in [0.25, 0.3) is 0 Å². The third-order valence-electron chi connectivity index (χ3n) is 3.56. The van der Waals surface area contributed by atoms with Crippen LogP contribution < -0.4 is 10.6 Å². The van der Waals surface area contributed by atoms with Crippen molar-refractivity contribution < 1.29 is 0 Å². The van der Waals surface area contributed by atoms with E-state index in [0.717, 1.165) is 40.7 Å². The second kappa shape index (κ2) is 5.73. The first-order chi connectivity index (χ1) is 9.63. The van der Waals surface area contributed by atoms with Gasteiger partial charge in [0, 0.05) is 30.0 Å². The lowest BCUT2D eigenvalue weighted by Gasteiger charge is -2.33. The van der Waals surface area contributed by atoms with Gasteiger partial charge in [0.1, 0.15) is 11.6 Å². The van der Waals surface area contributed by atoms with Gasteiger partial charge in [0.2, 0.25) is 0 Å². The molecule has 7 heteroatoms. The van der Waals surface area contributed by atoms with E-state index in [2.05, 4.69) is 46.8 Å². The molecule has 1 saturated heterocycles. The summed E-state index contributed by atoms with van der Waals surface area (Å²) >= 11 is 7.01. The van der Waals surface area contributed by atoms with Crippen LogP contribution in [0.15, 0.2) is 33.5 Å². The summed E-state index contributed by atoms with van der Waals surface area (Å²) in [5.74, 6) is 1.59. The molecule has 0 amide bonds. The van der Waals surface area contributed by atoms with Gasteiger partial charge in [0.25, 0.3) is 0 Å². The second-order valence-corrected chi connectivity index (χ2v) is 6.67. The standard InChI is InChI=1S/C13H15Br2N5/c14-9-7-11(15)13(17-8-9)19-4-1-10(2-5-19)20-6-3-12(16)18-20/h3,6-8,10H,1-2,4-5H2,(H2,16,18). The molecule has 5 nitrogen and oxygen atoms in total. The van der Waals surface area contributed by atoms with E-state index in [-0.39, 0.29) is 0 Å². The largest absolute Gasteiger partial charge is 0.382 e. The Morgan fingerprint density at radius 2 is 2.00 bits per heavy atom. The van der Waals surface area contributed by atoms with Crippen LogP contribution in [-0.4, -0.2) is 27.9 Å². The summed E-state index contributed by atoms with van der Waals surface area (Å²) in [6, 6.07) is 4.31. The molecule has 2 N–H and O–H groups in total. The van der Waals surface area contributed by atoms with E-state index in [1.54, 1.807) is 0 Å².